The fourth-order valence-electron chi connectivity index (χ4n) is 3.50. The predicted molar refractivity (Wildman–Crippen MR) is 112 cm³/mol. The molecule has 0 atom stereocenters. The monoisotopic (exact) mass is 430 g/mol. The van der Waals surface area contributed by atoms with Crippen molar-refractivity contribution >= 4 is 50.8 Å². The molecule has 2 heterocycles. The molecule has 0 aliphatic heterocycles. The van der Waals surface area contributed by atoms with Crippen molar-refractivity contribution in [2.75, 3.05) is 6.61 Å². The zero-order valence-corrected chi connectivity index (χ0v) is 17.4. The lowest BCUT2D eigenvalue weighted by Gasteiger charge is -2.11. The molecule has 150 valence electrons. The molecule has 6 nitrogen and oxygen atoms in total. The first-order chi connectivity index (χ1) is 14.0. The number of halogens is 1. The predicted octanol–water partition coefficient (Wildman–Crippen LogP) is 4.53. The van der Waals surface area contributed by atoms with E-state index in [1.807, 2.05) is 0 Å². The van der Waals surface area contributed by atoms with E-state index in [-0.39, 0.29) is 17.7 Å². The van der Waals surface area contributed by atoms with E-state index < -0.39 is 11.9 Å². The molecule has 0 fully saturated rings. The second kappa shape index (κ2) is 8.00. The maximum atomic E-state index is 12.6. The molecule has 2 aromatic heterocycles. The van der Waals surface area contributed by atoms with Gasteiger partial charge >= 0.3 is 5.97 Å². The first kappa shape index (κ1) is 19.7. The van der Waals surface area contributed by atoms with Gasteiger partial charge in [0.15, 0.2) is 0 Å². The third-order valence-electron chi connectivity index (χ3n) is 4.81. The molecular weight excluding hydrogens is 412 g/mol. The Kier molecular flexibility index (Phi) is 5.43. The molecule has 1 amide bonds. The molecule has 0 saturated carbocycles. The maximum Gasteiger partial charge on any atom is 0.341 e. The fraction of sp³-hybridized carbons (Fsp3) is 0.286. The van der Waals surface area contributed by atoms with Gasteiger partial charge in [-0.3, -0.25) is 4.79 Å². The van der Waals surface area contributed by atoms with Crippen LogP contribution < -0.4 is 11.3 Å². The summed E-state index contributed by atoms with van der Waals surface area (Å²) in [5, 5.41) is 1.64. The number of primary amides is 1. The number of carbonyl (C=O) groups excluding carboxylic acids is 2. The highest BCUT2D eigenvalue weighted by molar-refractivity contribution is 7.16. The molecule has 29 heavy (non-hydrogen) atoms. The van der Waals surface area contributed by atoms with Crippen LogP contribution in [0.2, 0.25) is 5.02 Å². The second-order valence-electron chi connectivity index (χ2n) is 6.73. The number of benzene rings is 1. The van der Waals surface area contributed by atoms with Gasteiger partial charge in [-0.25, -0.2) is 9.79 Å². The molecule has 8 heteroatoms. The first-order valence-electron chi connectivity index (χ1n) is 9.37. The molecule has 0 radical (unpaired) electrons. The van der Waals surface area contributed by atoms with Crippen LogP contribution >= 0.6 is 22.9 Å². The zero-order chi connectivity index (χ0) is 20.5. The molecule has 0 bridgehead atoms. The standard InChI is InChI=1S/C21H19ClN2O4S/c1-2-27-21(26)17-13-5-3-4-6-16(13)29-20(17)24-19-14(18(23)25)10-11-9-12(22)7-8-15(11)28-19/h7-10H,2-6H2,1H3,(H2,23,25)/b24-19-. The van der Waals surface area contributed by atoms with E-state index in [0.717, 1.165) is 36.1 Å². The van der Waals surface area contributed by atoms with Crippen molar-refractivity contribution in [3.63, 3.8) is 0 Å². The lowest BCUT2D eigenvalue weighted by molar-refractivity contribution is 0.0526. The average molecular weight is 431 g/mol. The quantitative estimate of drug-likeness (QED) is 0.615. The first-order valence-corrected chi connectivity index (χ1v) is 10.6. The summed E-state index contributed by atoms with van der Waals surface area (Å²) in [5.41, 5.74) is 7.72. The highest BCUT2D eigenvalue weighted by atomic mass is 35.5. The number of aryl methyl sites for hydroxylation is 1. The number of esters is 1. The van der Waals surface area contributed by atoms with Crippen molar-refractivity contribution < 1.29 is 18.7 Å². The third-order valence-corrected chi connectivity index (χ3v) is 6.23. The Morgan fingerprint density at radius 2 is 2.07 bits per heavy atom. The Labute approximate surface area is 176 Å². The second-order valence-corrected chi connectivity index (χ2v) is 8.26. The Morgan fingerprint density at radius 1 is 1.28 bits per heavy atom. The van der Waals surface area contributed by atoms with E-state index in [2.05, 4.69) is 4.99 Å². The maximum absolute atomic E-state index is 12.6. The molecule has 1 aromatic carbocycles. The molecular formula is C21H19ClN2O4S. The van der Waals surface area contributed by atoms with Crippen molar-refractivity contribution in [2.24, 2.45) is 10.7 Å². The van der Waals surface area contributed by atoms with Gasteiger partial charge in [0.05, 0.1) is 12.2 Å². The summed E-state index contributed by atoms with van der Waals surface area (Å²) in [7, 11) is 0. The highest BCUT2D eigenvalue weighted by Gasteiger charge is 2.26. The molecule has 1 aliphatic rings. The molecule has 1 aliphatic carbocycles. The molecule has 0 spiro atoms. The van der Waals surface area contributed by atoms with Gasteiger partial charge in [0.1, 0.15) is 16.1 Å². The van der Waals surface area contributed by atoms with E-state index in [1.165, 1.54) is 11.3 Å². The number of hydrogen-bond donors (Lipinski definition) is 1. The Balaban J connectivity index is 1.96. The summed E-state index contributed by atoms with van der Waals surface area (Å²) < 4.78 is 11.1. The highest BCUT2D eigenvalue weighted by Crippen LogP contribution is 2.40. The number of fused-ring (bicyclic) bond motifs is 2. The SMILES string of the molecule is CCOC(=O)c1c(/N=c2\oc3ccc(Cl)cc3cc2C(N)=O)sc2c1CCCC2. The zero-order valence-electron chi connectivity index (χ0n) is 15.8. The van der Waals surface area contributed by atoms with Gasteiger partial charge in [-0.1, -0.05) is 11.6 Å². The van der Waals surface area contributed by atoms with Crippen LogP contribution in [-0.4, -0.2) is 18.5 Å². The van der Waals surface area contributed by atoms with Crippen molar-refractivity contribution in [1.82, 2.24) is 0 Å². The Morgan fingerprint density at radius 3 is 2.83 bits per heavy atom. The van der Waals surface area contributed by atoms with Crippen molar-refractivity contribution in [3.8, 4) is 0 Å². The number of ether oxygens (including phenoxy) is 1. The number of nitrogens with two attached hydrogens (primary N) is 1. The number of hydrogen-bond acceptors (Lipinski definition) is 6. The van der Waals surface area contributed by atoms with E-state index in [9.17, 15) is 9.59 Å². The number of thiophene rings is 1. The number of rotatable bonds is 4. The van der Waals surface area contributed by atoms with Crippen LogP contribution in [0.25, 0.3) is 11.0 Å². The van der Waals surface area contributed by atoms with E-state index in [0.29, 0.717) is 26.6 Å². The van der Waals surface area contributed by atoms with Gasteiger partial charge in [0.2, 0.25) is 5.55 Å². The minimum atomic E-state index is -0.673. The molecule has 2 N–H and O–H groups in total. The van der Waals surface area contributed by atoms with Crippen LogP contribution in [0.3, 0.4) is 0 Å². The van der Waals surface area contributed by atoms with Crippen LogP contribution in [0.15, 0.2) is 33.7 Å². The van der Waals surface area contributed by atoms with Gasteiger partial charge in [-0.15, -0.1) is 11.3 Å². The minimum absolute atomic E-state index is 0.0662. The Hall–Kier alpha value is -2.64. The minimum Gasteiger partial charge on any atom is -0.462 e. The third kappa shape index (κ3) is 3.80. The number of amides is 1. The lowest BCUT2D eigenvalue weighted by Crippen LogP contribution is -2.21. The van der Waals surface area contributed by atoms with Crippen molar-refractivity contribution in [3.05, 3.63) is 56.4 Å². The molecule has 0 saturated heterocycles. The topological polar surface area (TPSA) is 94.9 Å². The number of nitrogens with zero attached hydrogens (tertiary/aromatic N) is 1. The largest absolute Gasteiger partial charge is 0.462 e. The summed E-state index contributed by atoms with van der Waals surface area (Å²) in [6, 6.07) is 6.68. The van der Waals surface area contributed by atoms with Gasteiger partial charge in [-0.05, 0) is 62.4 Å². The smallest absolute Gasteiger partial charge is 0.341 e. The van der Waals surface area contributed by atoms with Crippen LogP contribution in [0.4, 0.5) is 5.00 Å². The molecule has 3 aromatic rings. The van der Waals surface area contributed by atoms with Gasteiger partial charge in [-0.2, -0.15) is 0 Å². The van der Waals surface area contributed by atoms with Crippen LogP contribution in [0, 0.1) is 0 Å². The van der Waals surface area contributed by atoms with Gasteiger partial charge < -0.3 is 14.9 Å². The number of carbonyl (C=O) groups is 2. The summed E-state index contributed by atoms with van der Waals surface area (Å²) in [6.45, 7) is 2.04. The Bertz CT molecular complexity index is 1200. The summed E-state index contributed by atoms with van der Waals surface area (Å²) >= 11 is 7.47. The average Bonchev–Trinajstić information content (AvgIpc) is 3.05. The summed E-state index contributed by atoms with van der Waals surface area (Å²) in [6.07, 6.45) is 3.80. The van der Waals surface area contributed by atoms with E-state index >= 15 is 0 Å². The van der Waals surface area contributed by atoms with Crippen molar-refractivity contribution in [1.29, 1.82) is 0 Å². The van der Waals surface area contributed by atoms with Crippen LogP contribution in [-0.2, 0) is 17.6 Å². The van der Waals surface area contributed by atoms with Crippen LogP contribution in [0.5, 0.6) is 0 Å². The van der Waals surface area contributed by atoms with Crippen LogP contribution in [0.1, 0.15) is 50.9 Å². The fourth-order valence-corrected chi connectivity index (χ4v) is 4.92. The summed E-state index contributed by atoms with van der Waals surface area (Å²) in [5.74, 6) is -1.08. The van der Waals surface area contributed by atoms with E-state index in [1.54, 1.807) is 31.2 Å². The van der Waals surface area contributed by atoms with E-state index in [4.69, 9.17) is 26.5 Å². The normalized spacial score (nSPS) is 14.1. The van der Waals surface area contributed by atoms with Gasteiger partial charge in [0, 0.05) is 15.3 Å². The molecule has 4 rings (SSSR count). The summed E-state index contributed by atoms with van der Waals surface area (Å²) in [4.78, 5) is 30.4. The van der Waals surface area contributed by atoms with Crippen molar-refractivity contribution in [2.45, 2.75) is 32.6 Å². The lowest BCUT2D eigenvalue weighted by atomic mass is 9.95. The van der Waals surface area contributed by atoms with Gasteiger partial charge in [0.25, 0.3) is 5.91 Å². The molecule has 0 unspecified atom stereocenters.